The number of alkyl halides is 1. The van der Waals surface area contributed by atoms with Crippen LogP contribution in [0, 0.1) is 0 Å². The quantitative estimate of drug-likeness (QED) is 0.735. The smallest absolute Gasteiger partial charge is 0.219 e. The molecule has 5 heteroatoms. The zero-order valence-corrected chi connectivity index (χ0v) is 11.8. The molecule has 0 aliphatic rings. The molecule has 0 atom stereocenters. The number of benzene rings is 1. The van der Waals surface area contributed by atoms with Gasteiger partial charge in [0.1, 0.15) is 5.75 Å². The van der Waals surface area contributed by atoms with Gasteiger partial charge in [0, 0.05) is 10.5 Å². The third-order valence-electron chi connectivity index (χ3n) is 2.04. The Bertz CT molecular complexity index is 534. The molecule has 2 aromatic rings. The van der Waals surface area contributed by atoms with Crippen molar-refractivity contribution in [2.45, 2.75) is 5.88 Å². The van der Waals surface area contributed by atoms with E-state index < -0.39 is 0 Å². The molecule has 0 aliphatic carbocycles. The van der Waals surface area contributed by atoms with Crippen LogP contribution in [0.2, 0.25) is 5.02 Å². The monoisotopic (exact) mass is 331 g/mol. The number of hydrogen-bond acceptors (Lipinski definition) is 2. The third kappa shape index (κ3) is 3.35. The minimum Gasteiger partial charge on any atom is -0.439 e. The van der Waals surface area contributed by atoms with Crippen molar-refractivity contribution in [2.75, 3.05) is 0 Å². The molecule has 0 radical (unpaired) electrons. The van der Waals surface area contributed by atoms with Gasteiger partial charge in [0.25, 0.3) is 0 Å². The molecule has 17 heavy (non-hydrogen) atoms. The first kappa shape index (κ1) is 12.7. The predicted molar refractivity (Wildman–Crippen MR) is 73.0 cm³/mol. The van der Waals surface area contributed by atoms with Crippen molar-refractivity contribution in [3.05, 3.63) is 51.6 Å². The van der Waals surface area contributed by atoms with E-state index in [1.165, 1.54) is 0 Å². The van der Waals surface area contributed by atoms with E-state index in [-0.39, 0.29) is 5.88 Å². The largest absolute Gasteiger partial charge is 0.439 e. The van der Waals surface area contributed by atoms with E-state index in [9.17, 15) is 0 Å². The number of rotatable bonds is 3. The summed E-state index contributed by atoms with van der Waals surface area (Å²) in [6.45, 7) is 0. The van der Waals surface area contributed by atoms with E-state index in [0.29, 0.717) is 22.3 Å². The second-order valence-electron chi connectivity index (χ2n) is 3.27. The van der Waals surface area contributed by atoms with Gasteiger partial charge in [-0.05, 0) is 24.3 Å². The Morgan fingerprint density at radius 2 is 2.06 bits per heavy atom. The van der Waals surface area contributed by atoms with Crippen molar-refractivity contribution in [1.29, 1.82) is 0 Å². The summed E-state index contributed by atoms with van der Waals surface area (Å²) in [5, 5.41) is 0.543. The van der Waals surface area contributed by atoms with Crippen LogP contribution in [-0.2, 0) is 5.88 Å². The molecule has 88 valence electrons. The van der Waals surface area contributed by atoms with E-state index in [4.69, 9.17) is 27.9 Å². The van der Waals surface area contributed by atoms with Crippen LogP contribution >= 0.6 is 39.1 Å². The number of nitrogens with zero attached hydrogens (tertiary/aromatic N) is 1. The Hall–Kier alpha value is -0.770. The van der Waals surface area contributed by atoms with Crippen LogP contribution in [-0.4, -0.2) is 4.98 Å². The van der Waals surface area contributed by atoms with Gasteiger partial charge < -0.3 is 4.74 Å². The van der Waals surface area contributed by atoms with Crippen molar-refractivity contribution in [1.82, 2.24) is 4.98 Å². The molecule has 0 saturated carbocycles. The summed E-state index contributed by atoms with van der Waals surface area (Å²) in [5.41, 5.74) is 0.612. The highest BCUT2D eigenvalue weighted by Gasteiger charge is 2.04. The molecule has 0 amide bonds. The summed E-state index contributed by atoms with van der Waals surface area (Å²) in [6, 6.07) is 10.9. The minimum atomic E-state index is 0.258. The fourth-order valence-electron chi connectivity index (χ4n) is 1.27. The van der Waals surface area contributed by atoms with Gasteiger partial charge in [0.05, 0.1) is 16.6 Å². The Morgan fingerprint density at radius 3 is 2.76 bits per heavy atom. The van der Waals surface area contributed by atoms with Crippen LogP contribution in [0.1, 0.15) is 5.69 Å². The molecule has 0 spiro atoms. The van der Waals surface area contributed by atoms with Gasteiger partial charge >= 0.3 is 0 Å². The van der Waals surface area contributed by atoms with Gasteiger partial charge in [-0.3, -0.25) is 0 Å². The predicted octanol–water partition coefficient (Wildman–Crippen LogP) is 5.03. The van der Waals surface area contributed by atoms with Crippen LogP contribution in [0.25, 0.3) is 0 Å². The summed E-state index contributed by atoms with van der Waals surface area (Å²) in [6.07, 6.45) is 0. The topological polar surface area (TPSA) is 22.1 Å². The minimum absolute atomic E-state index is 0.258. The molecule has 0 saturated heterocycles. The lowest BCUT2D eigenvalue weighted by atomic mass is 10.3. The molecule has 0 aliphatic heterocycles. The Kier molecular flexibility index (Phi) is 4.26. The molecule has 0 bridgehead atoms. The molecule has 0 unspecified atom stereocenters. The number of hydrogen-bond donors (Lipinski definition) is 0. The Morgan fingerprint density at radius 1 is 1.24 bits per heavy atom. The molecular formula is C12H8BrCl2NO. The second-order valence-corrected chi connectivity index (χ2v) is 4.86. The van der Waals surface area contributed by atoms with Crippen LogP contribution < -0.4 is 4.74 Å². The van der Waals surface area contributed by atoms with Crippen LogP contribution in [0.4, 0.5) is 0 Å². The van der Waals surface area contributed by atoms with E-state index in [2.05, 4.69) is 20.9 Å². The normalized spacial score (nSPS) is 10.3. The molecule has 0 fully saturated rings. The highest BCUT2D eigenvalue weighted by Crippen LogP contribution is 2.25. The van der Waals surface area contributed by atoms with Crippen molar-refractivity contribution in [3.8, 4) is 11.6 Å². The summed E-state index contributed by atoms with van der Waals surface area (Å²) >= 11 is 15.0. The summed E-state index contributed by atoms with van der Waals surface area (Å²) in [4.78, 5) is 4.21. The van der Waals surface area contributed by atoms with Crippen LogP contribution in [0.3, 0.4) is 0 Å². The Balaban J connectivity index is 2.24. The zero-order chi connectivity index (χ0) is 12.3. The average Bonchev–Trinajstić information content (AvgIpc) is 2.32. The average molecular weight is 333 g/mol. The van der Waals surface area contributed by atoms with Gasteiger partial charge in [-0.25, -0.2) is 4.98 Å². The van der Waals surface area contributed by atoms with Crippen molar-refractivity contribution in [2.24, 2.45) is 0 Å². The molecule has 0 N–H and O–H groups in total. The van der Waals surface area contributed by atoms with Crippen LogP contribution in [0.15, 0.2) is 40.9 Å². The van der Waals surface area contributed by atoms with Crippen molar-refractivity contribution < 1.29 is 4.74 Å². The number of ether oxygens (including phenoxy) is 1. The molecule has 1 aromatic carbocycles. The number of pyridine rings is 1. The number of halogens is 3. The van der Waals surface area contributed by atoms with E-state index in [1.54, 1.807) is 12.1 Å². The maximum absolute atomic E-state index is 5.91. The fraction of sp³-hybridized carbons (Fsp3) is 0.0833. The highest BCUT2D eigenvalue weighted by molar-refractivity contribution is 9.10. The second kappa shape index (κ2) is 5.71. The molecule has 1 aromatic heterocycles. The standard InChI is InChI=1S/C12H8BrCl2NO/c13-8-2-1-3-9(6-8)17-12-5-4-10(15)11(7-14)16-12/h1-6H,7H2. The summed E-state index contributed by atoms with van der Waals surface area (Å²) < 4.78 is 6.54. The molecule has 2 rings (SSSR count). The van der Waals surface area contributed by atoms with Gasteiger partial charge in [-0.2, -0.15) is 0 Å². The first-order chi connectivity index (χ1) is 8.19. The van der Waals surface area contributed by atoms with Crippen molar-refractivity contribution in [3.63, 3.8) is 0 Å². The van der Waals surface area contributed by atoms with Gasteiger partial charge in [0.15, 0.2) is 0 Å². The Labute approximate surface area is 118 Å². The van der Waals surface area contributed by atoms with E-state index in [0.717, 1.165) is 4.47 Å². The summed E-state index contributed by atoms with van der Waals surface area (Å²) in [7, 11) is 0. The van der Waals surface area contributed by atoms with Gasteiger partial charge in [-0.1, -0.05) is 33.6 Å². The lowest BCUT2D eigenvalue weighted by Crippen LogP contribution is -1.92. The first-order valence-corrected chi connectivity index (χ1v) is 6.54. The van der Waals surface area contributed by atoms with Gasteiger partial charge in [-0.15, -0.1) is 11.6 Å². The maximum Gasteiger partial charge on any atom is 0.219 e. The molecule has 2 nitrogen and oxygen atoms in total. The van der Waals surface area contributed by atoms with Crippen molar-refractivity contribution >= 4 is 39.1 Å². The summed E-state index contributed by atoms with van der Waals surface area (Å²) in [5.74, 6) is 1.44. The maximum atomic E-state index is 5.91. The highest BCUT2D eigenvalue weighted by atomic mass is 79.9. The van der Waals surface area contributed by atoms with Crippen LogP contribution in [0.5, 0.6) is 11.6 Å². The molecular weight excluding hydrogens is 325 g/mol. The SMILES string of the molecule is ClCc1nc(Oc2cccc(Br)c2)ccc1Cl. The fourth-order valence-corrected chi connectivity index (χ4v) is 2.09. The zero-order valence-electron chi connectivity index (χ0n) is 8.66. The lowest BCUT2D eigenvalue weighted by Gasteiger charge is -2.06. The van der Waals surface area contributed by atoms with Gasteiger partial charge in [0.2, 0.25) is 5.88 Å². The number of aromatic nitrogens is 1. The molecule has 1 heterocycles. The lowest BCUT2D eigenvalue weighted by molar-refractivity contribution is 0.461. The van der Waals surface area contributed by atoms with E-state index in [1.807, 2.05) is 24.3 Å². The third-order valence-corrected chi connectivity index (χ3v) is 3.13. The first-order valence-electron chi connectivity index (χ1n) is 4.84. The van der Waals surface area contributed by atoms with E-state index >= 15 is 0 Å².